The number of amides is 2. The van der Waals surface area contributed by atoms with Crippen LogP contribution in [0.2, 0.25) is 0 Å². The van der Waals surface area contributed by atoms with Crippen LogP contribution in [0.3, 0.4) is 0 Å². The predicted molar refractivity (Wildman–Crippen MR) is 37.7 cm³/mol. The van der Waals surface area contributed by atoms with E-state index in [1.54, 1.807) is 6.92 Å². The number of aldehydes is 1. The second kappa shape index (κ2) is 5.40. The molecule has 0 fully saturated rings. The van der Waals surface area contributed by atoms with Crippen LogP contribution in [0.15, 0.2) is 0 Å². The third-order valence-corrected chi connectivity index (χ3v) is 0.939. The number of rotatable bonds is 5. The number of hydrogen-bond donors (Lipinski definition) is 2. The Hall–Kier alpha value is -1.39. The quantitative estimate of drug-likeness (QED) is 0.475. The topological polar surface area (TPSA) is 75.3 Å². The minimum absolute atomic E-state index is 0.0956. The van der Waals surface area contributed by atoms with Crippen LogP contribution in [0.1, 0.15) is 6.92 Å². The van der Waals surface area contributed by atoms with E-state index < -0.39 is 6.04 Å². The molecule has 0 aliphatic rings. The zero-order valence-electron chi connectivity index (χ0n) is 6.16. The van der Waals surface area contributed by atoms with E-state index in [0.29, 0.717) is 12.7 Å². The van der Waals surface area contributed by atoms with E-state index in [1.165, 1.54) is 0 Å². The van der Waals surface area contributed by atoms with Crippen LogP contribution in [-0.2, 0) is 14.4 Å². The first kappa shape index (κ1) is 9.61. The number of carbonyl (C=O) groups is 3. The van der Waals surface area contributed by atoms with Crippen molar-refractivity contribution >= 4 is 18.6 Å². The first-order chi connectivity index (χ1) is 5.20. The van der Waals surface area contributed by atoms with E-state index >= 15 is 0 Å². The van der Waals surface area contributed by atoms with Gasteiger partial charge in [-0.15, -0.1) is 0 Å². The maximum atomic E-state index is 10.7. The highest BCUT2D eigenvalue weighted by Crippen LogP contribution is 1.72. The third kappa shape index (κ3) is 5.07. The molecule has 0 aromatic heterocycles. The highest BCUT2D eigenvalue weighted by molar-refractivity contribution is 5.82. The summed E-state index contributed by atoms with van der Waals surface area (Å²) in [5, 5.41) is 4.50. The summed E-state index contributed by atoms with van der Waals surface area (Å²) in [5.74, 6) is -0.378. The molecule has 0 aliphatic heterocycles. The molecule has 0 aromatic carbocycles. The van der Waals surface area contributed by atoms with E-state index in [9.17, 15) is 14.4 Å². The monoisotopic (exact) mass is 158 g/mol. The number of nitrogens with one attached hydrogen (secondary N) is 2. The van der Waals surface area contributed by atoms with Crippen molar-refractivity contribution < 1.29 is 14.4 Å². The van der Waals surface area contributed by atoms with Gasteiger partial charge in [0.05, 0.1) is 12.6 Å². The average Bonchev–Trinajstić information content (AvgIpc) is 2.00. The molecular weight excluding hydrogens is 148 g/mol. The first-order valence-electron chi connectivity index (χ1n) is 3.12. The number of hydrogen-bond acceptors (Lipinski definition) is 3. The Kier molecular flexibility index (Phi) is 4.72. The molecular formula is C6H10N2O3. The normalized spacial score (nSPS) is 11.4. The first-order valence-corrected chi connectivity index (χ1v) is 3.12. The van der Waals surface area contributed by atoms with E-state index in [-0.39, 0.29) is 12.5 Å². The van der Waals surface area contributed by atoms with Crippen LogP contribution in [0.4, 0.5) is 0 Å². The maximum absolute atomic E-state index is 10.7. The molecule has 5 nitrogen and oxygen atoms in total. The van der Waals surface area contributed by atoms with Crippen LogP contribution < -0.4 is 10.6 Å². The summed E-state index contributed by atoms with van der Waals surface area (Å²) in [7, 11) is 0. The Morgan fingerprint density at radius 1 is 1.55 bits per heavy atom. The highest BCUT2D eigenvalue weighted by Gasteiger charge is 2.03. The summed E-state index contributed by atoms with van der Waals surface area (Å²) in [6, 6.07) is -0.504. The van der Waals surface area contributed by atoms with Gasteiger partial charge in [-0.3, -0.25) is 9.59 Å². The molecule has 11 heavy (non-hydrogen) atoms. The number of carbonyl (C=O) groups excluding carboxylic acids is 3. The molecule has 0 unspecified atom stereocenters. The zero-order valence-corrected chi connectivity index (χ0v) is 6.16. The van der Waals surface area contributed by atoms with Gasteiger partial charge in [-0.05, 0) is 6.92 Å². The summed E-state index contributed by atoms with van der Waals surface area (Å²) < 4.78 is 0. The van der Waals surface area contributed by atoms with Crippen molar-refractivity contribution in [3.63, 3.8) is 0 Å². The lowest BCUT2D eigenvalue weighted by Gasteiger charge is -2.05. The van der Waals surface area contributed by atoms with Gasteiger partial charge in [-0.1, -0.05) is 0 Å². The van der Waals surface area contributed by atoms with Crippen LogP contribution in [-0.4, -0.2) is 31.2 Å². The minimum atomic E-state index is -0.504. The fourth-order valence-corrected chi connectivity index (χ4v) is 0.473. The van der Waals surface area contributed by atoms with Crippen LogP contribution in [0, 0.1) is 0 Å². The van der Waals surface area contributed by atoms with E-state index in [2.05, 4.69) is 10.6 Å². The van der Waals surface area contributed by atoms with Crippen molar-refractivity contribution in [2.45, 2.75) is 13.0 Å². The second-order valence-corrected chi connectivity index (χ2v) is 1.99. The van der Waals surface area contributed by atoms with Gasteiger partial charge < -0.3 is 15.4 Å². The third-order valence-electron chi connectivity index (χ3n) is 0.939. The van der Waals surface area contributed by atoms with Crippen molar-refractivity contribution in [3.8, 4) is 0 Å². The molecule has 0 rings (SSSR count). The Labute approximate surface area is 64.1 Å². The van der Waals surface area contributed by atoms with Crippen LogP contribution in [0.25, 0.3) is 0 Å². The summed E-state index contributed by atoms with van der Waals surface area (Å²) in [5.41, 5.74) is 0. The average molecular weight is 158 g/mol. The van der Waals surface area contributed by atoms with Gasteiger partial charge in [0.25, 0.3) is 0 Å². The second-order valence-electron chi connectivity index (χ2n) is 1.99. The molecule has 0 aliphatic carbocycles. The summed E-state index contributed by atoms with van der Waals surface area (Å²) >= 11 is 0. The Balaban J connectivity index is 3.51. The summed E-state index contributed by atoms with van der Waals surface area (Å²) in [6.07, 6.45) is 1.03. The molecule has 0 aromatic rings. The molecule has 0 spiro atoms. The van der Waals surface area contributed by atoms with Gasteiger partial charge in [0.15, 0.2) is 0 Å². The molecule has 0 radical (unpaired) electrons. The zero-order chi connectivity index (χ0) is 8.69. The molecule has 0 bridgehead atoms. The molecule has 2 amide bonds. The van der Waals surface area contributed by atoms with Crippen LogP contribution >= 0.6 is 0 Å². The van der Waals surface area contributed by atoms with Gasteiger partial charge in [-0.2, -0.15) is 0 Å². The summed E-state index contributed by atoms with van der Waals surface area (Å²) in [4.78, 5) is 30.4. The molecule has 1 atom stereocenters. The highest BCUT2D eigenvalue weighted by atomic mass is 16.2. The van der Waals surface area contributed by atoms with Gasteiger partial charge in [0.1, 0.15) is 6.29 Å². The predicted octanol–water partition coefficient (Wildman–Crippen LogP) is -1.56. The van der Waals surface area contributed by atoms with E-state index in [0.717, 1.165) is 0 Å². The van der Waals surface area contributed by atoms with Crippen molar-refractivity contribution in [1.29, 1.82) is 0 Å². The van der Waals surface area contributed by atoms with Crippen molar-refractivity contribution in [3.05, 3.63) is 0 Å². The molecule has 0 saturated heterocycles. The Morgan fingerprint density at radius 2 is 2.18 bits per heavy atom. The lowest BCUT2D eigenvalue weighted by atomic mass is 10.4. The standard InChI is InChI=1S/C6H10N2O3/c1-5(3-9)8-6(11)2-7-4-10/h3-5H,2H2,1H3,(H,7,10)(H,8,11)/t5-/m0/s1. The van der Waals surface area contributed by atoms with Gasteiger partial charge in [0, 0.05) is 0 Å². The van der Waals surface area contributed by atoms with Crippen molar-refractivity contribution in [2.75, 3.05) is 6.54 Å². The van der Waals surface area contributed by atoms with Gasteiger partial charge in [-0.25, -0.2) is 0 Å². The molecule has 2 N–H and O–H groups in total. The summed E-state index contributed by atoms with van der Waals surface area (Å²) in [6.45, 7) is 1.45. The largest absolute Gasteiger partial charge is 0.350 e. The molecule has 0 heterocycles. The lowest BCUT2D eigenvalue weighted by Crippen LogP contribution is -2.39. The van der Waals surface area contributed by atoms with Crippen molar-refractivity contribution in [2.24, 2.45) is 0 Å². The fraction of sp³-hybridized carbons (Fsp3) is 0.500. The van der Waals surface area contributed by atoms with E-state index in [4.69, 9.17) is 0 Å². The SMILES string of the molecule is C[C@@H](C=O)NC(=O)CNC=O. The minimum Gasteiger partial charge on any atom is -0.350 e. The fourth-order valence-electron chi connectivity index (χ4n) is 0.473. The van der Waals surface area contributed by atoms with Gasteiger partial charge >= 0.3 is 0 Å². The molecule has 62 valence electrons. The Morgan fingerprint density at radius 3 is 2.64 bits per heavy atom. The Bertz CT molecular complexity index is 158. The van der Waals surface area contributed by atoms with Crippen molar-refractivity contribution in [1.82, 2.24) is 10.6 Å². The maximum Gasteiger partial charge on any atom is 0.239 e. The molecule has 0 saturated carbocycles. The lowest BCUT2D eigenvalue weighted by molar-refractivity contribution is -0.124. The molecule has 5 heteroatoms. The van der Waals surface area contributed by atoms with E-state index in [1.807, 2.05) is 0 Å². The van der Waals surface area contributed by atoms with Crippen LogP contribution in [0.5, 0.6) is 0 Å². The smallest absolute Gasteiger partial charge is 0.239 e. The van der Waals surface area contributed by atoms with Gasteiger partial charge in [0.2, 0.25) is 12.3 Å².